The van der Waals surface area contributed by atoms with E-state index in [0.29, 0.717) is 17.2 Å². The molecule has 1 aromatic rings. The molecular formula is C13H15NO3. The van der Waals surface area contributed by atoms with Crippen LogP contribution in [0.15, 0.2) is 24.3 Å². The van der Waals surface area contributed by atoms with Crippen LogP contribution >= 0.6 is 0 Å². The molecule has 17 heavy (non-hydrogen) atoms. The minimum absolute atomic E-state index is 0.0196. The summed E-state index contributed by atoms with van der Waals surface area (Å²) in [5.74, 6) is 0.0691. The highest BCUT2D eigenvalue weighted by atomic mass is 16.5. The molecule has 0 saturated heterocycles. The van der Waals surface area contributed by atoms with Crippen LogP contribution in [-0.2, 0) is 9.53 Å². The molecule has 1 aromatic carbocycles. The topological polar surface area (TPSA) is 55.4 Å². The minimum Gasteiger partial charge on any atom is -0.465 e. The van der Waals surface area contributed by atoms with Crippen LogP contribution in [-0.4, -0.2) is 19.0 Å². The Hall–Kier alpha value is -1.84. The molecule has 0 heterocycles. The van der Waals surface area contributed by atoms with E-state index in [2.05, 4.69) is 10.1 Å². The van der Waals surface area contributed by atoms with Gasteiger partial charge in [0.2, 0.25) is 5.91 Å². The van der Waals surface area contributed by atoms with Gasteiger partial charge in [-0.25, -0.2) is 4.79 Å². The Balaban J connectivity index is 2.15. The standard InChI is InChI=1S/C13H15NO3/c1-8-7-10(8)12(15)14-11-6-4-3-5-9(11)13(16)17-2/h3-6,8,10H,7H2,1-2H3,(H,14,15)/t8-,10-/m1/s1. The molecule has 0 unspecified atom stereocenters. The first-order valence-corrected chi connectivity index (χ1v) is 5.61. The summed E-state index contributed by atoms with van der Waals surface area (Å²) >= 11 is 0. The van der Waals surface area contributed by atoms with Crippen molar-refractivity contribution in [2.45, 2.75) is 13.3 Å². The van der Waals surface area contributed by atoms with Crippen LogP contribution < -0.4 is 5.32 Å². The molecule has 0 spiro atoms. The first-order chi connectivity index (χ1) is 8.13. The second kappa shape index (κ2) is 4.57. The molecule has 90 valence electrons. The highest BCUT2D eigenvalue weighted by Crippen LogP contribution is 2.38. The molecule has 1 aliphatic rings. The third-order valence-electron chi connectivity index (χ3n) is 3.04. The number of nitrogens with one attached hydrogen (secondary N) is 1. The van der Waals surface area contributed by atoms with E-state index in [0.717, 1.165) is 6.42 Å². The first kappa shape index (κ1) is 11.6. The summed E-state index contributed by atoms with van der Waals surface area (Å²) in [4.78, 5) is 23.3. The van der Waals surface area contributed by atoms with Gasteiger partial charge >= 0.3 is 5.97 Å². The molecule has 1 aliphatic carbocycles. The zero-order chi connectivity index (χ0) is 12.4. The summed E-state index contributed by atoms with van der Waals surface area (Å²) in [5, 5.41) is 2.78. The van der Waals surface area contributed by atoms with Crippen LogP contribution in [0.4, 0.5) is 5.69 Å². The quantitative estimate of drug-likeness (QED) is 0.813. The maximum absolute atomic E-state index is 11.8. The van der Waals surface area contributed by atoms with Gasteiger partial charge in [0, 0.05) is 5.92 Å². The Morgan fingerprint density at radius 3 is 2.59 bits per heavy atom. The number of anilines is 1. The van der Waals surface area contributed by atoms with Crippen molar-refractivity contribution in [3.8, 4) is 0 Å². The smallest absolute Gasteiger partial charge is 0.339 e. The van der Waals surface area contributed by atoms with E-state index < -0.39 is 5.97 Å². The van der Waals surface area contributed by atoms with Gasteiger partial charge in [-0.1, -0.05) is 19.1 Å². The number of rotatable bonds is 3. The predicted molar refractivity (Wildman–Crippen MR) is 63.7 cm³/mol. The van der Waals surface area contributed by atoms with Crippen molar-refractivity contribution >= 4 is 17.6 Å². The zero-order valence-corrected chi connectivity index (χ0v) is 9.90. The predicted octanol–water partition coefficient (Wildman–Crippen LogP) is 2.07. The fourth-order valence-corrected chi connectivity index (χ4v) is 1.79. The second-order valence-corrected chi connectivity index (χ2v) is 4.35. The van der Waals surface area contributed by atoms with Gasteiger partial charge in [-0.3, -0.25) is 4.79 Å². The van der Waals surface area contributed by atoms with Crippen molar-refractivity contribution in [3.05, 3.63) is 29.8 Å². The van der Waals surface area contributed by atoms with Crippen LogP contribution in [0, 0.1) is 11.8 Å². The third kappa shape index (κ3) is 2.46. The Morgan fingerprint density at radius 2 is 2.00 bits per heavy atom. The molecular weight excluding hydrogens is 218 g/mol. The van der Waals surface area contributed by atoms with Crippen molar-refractivity contribution in [1.82, 2.24) is 0 Å². The molecule has 1 saturated carbocycles. The molecule has 1 amide bonds. The molecule has 0 aliphatic heterocycles. The fourth-order valence-electron chi connectivity index (χ4n) is 1.79. The van der Waals surface area contributed by atoms with Gasteiger partial charge in [-0.2, -0.15) is 0 Å². The molecule has 0 bridgehead atoms. The van der Waals surface area contributed by atoms with Crippen molar-refractivity contribution in [1.29, 1.82) is 0 Å². The summed E-state index contributed by atoms with van der Waals surface area (Å²) in [6.07, 6.45) is 0.923. The van der Waals surface area contributed by atoms with Gasteiger partial charge in [-0.15, -0.1) is 0 Å². The highest BCUT2D eigenvalue weighted by Gasteiger charge is 2.39. The monoisotopic (exact) mass is 233 g/mol. The molecule has 4 nitrogen and oxygen atoms in total. The minimum atomic E-state index is -0.440. The number of hydrogen-bond acceptors (Lipinski definition) is 3. The van der Waals surface area contributed by atoms with Gasteiger partial charge in [0.15, 0.2) is 0 Å². The lowest BCUT2D eigenvalue weighted by Gasteiger charge is -2.09. The van der Waals surface area contributed by atoms with Crippen LogP contribution in [0.5, 0.6) is 0 Å². The molecule has 0 aromatic heterocycles. The lowest BCUT2D eigenvalue weighted by atomic mass is 10.1. The van der Waals surface area contributed by atoms with E-state index in [-0.39, 0.29) is 11.8 Å². The average molecular weight is 233 g/mol. The maximum Gasteiger partial charge on any atom is 0.339 e. The summed E-state index contributed by atoms with van der Waals surface area (Å²) < 4.78 is 4.67. The Bertz CT molecular complexity index is 456. The maximum atomic E-state index is 11.8. The van der Waals surface area contributed by atoms with Crippen LogP contribution in [0.25, 0.3) is 0 Å². The number of methoxy groups -OCH3 is 1. The van der Waals surface area contributed by atoms with E-state index >= 15 is 0 Å². The summed E-state index contributed by atoms with van der Waals surface area (Å²) in [7, 11) is 1.32. The van der Waals surface area contributed by atoms with Crippen molar-refractivity contribution < 1.29 is 14.3 Å². The van der Waals surface area contributed by atoms with Gasteiger partial charge in [0.25, 0.3) is 0 Å². The summed E-state index contributed by atoms with van der Waals surface area (Å²) in [6.45, 7) is 2.04. The number of hydrogen-bond donors (Lipinski definition) is 1. The van der Waals surface area contributed by atoms with Gasteiger partial charge in [0.1, 0.15) is 0 Å². The van der Waals surface area contributed by atoms with Crippen molar-refractivity contribution in [2.24, 2.45) is 11.8 Å². The van der Waals surface area contributed by atoms with Gasteiger partial charge in [-0.05, 0) is 24.5 Å². The van der Waals surface area contributed by atoms with Gasteiger partial charge in [0.05, 0.1) is 18.4 Å². The van der Waals surface area contributed by atoms with E-state index in [1.807, 2.05) is 6.92 Å². The Labute approximate surface area is 100.0 Å². The molecule has 1 fully saturated rings. The molecule has 2 atom stereocenters. The number of benzene rings is 1. The molecule has 4 heteroatoms. The first-order valence-electron chi connectivity index (χ1n) is 5.61. The largest absolute Gasteiger partial charge is 0.465 e. The molecule has 0 radical (unpaired) electrons. The third-order valence-corrected chi connectivity index (χ3v) is 3.04. The fraction of sp³-hybridized carbons (Fsp3) is 0.385. The Morgan fingerprint density at radius 1 is 1.35 bits per heavy atom. The molecule has 1 N–H and O–H groups in total. The average Bonchev–Trinajstić information content (AvgIpc) is 3.06. The number of esters is 1. The van der Waals surface area contributed by atoms with E-state index in [1.165, 1.54) is 7.11 Å². The molecule has 2 rings (SSSR count). The SMILES string of the molecule is COC(=O)c1ccccc1NC(=O)[C@@H]1C[C@H]1C. The summed E-state index contributed by atoms with van der Waals surface area (Å²) in [6, 6.07) is 6.86. The van der Waals surface area contributed by atoms with Crippen molar-refractivity contribution in [3.63, 3.8) is 0 Å². The van der Waals surface area contributed by atoms with E-state index in [9.17, 15) is 9.59 Å². The summed E-state index contributed by atoms with van der Waals surface area (Å²) in [5.41, 5.74) is 0.903. The number of carbonyl (C=O) groups excluding carboxylic acids is 2. The van der Waals surface area contributed by atoms with Crippen molar-refractivity contribution in [2.75, 3.05) is 12.4 Å². The van der Waals surface area contributed by atoms with Crippen LogP contribution in [0.2, 0.25) is 0 Å². The van der Waals surface area contributed by atoms with Crippen LogP contribution in [0.3, 0.4) is 0 Å². The lowest BCUT2D eigenvalue weighted by Crippen LogP contribution is -2.17. The van der Waals surface area contributed by atoms with E-state index in [4.69, 9.17) is 0 Å². The van der Waals surface area contributed by atoms with E-state index in [1.54, 1.807) is 24.3 Å². The number of amides is 1. The number of carbonyl (C=O) groups is 2. The zero-order valence-electron chi connectivity index (χ0n) is 9.90. The number of ether oxygens (including phenoxy) is 1. The van der Waals surface area contributed by atoms with Crippen LogP contribution in [0.1, 0.15) is 23.7 Å². The lowest BCUT2D eigenvalue weighted by molar-refractivity contribution is -0.117. The Kier molecular flexibility index (Phi) is 3.13. The van der Waals surface area contributed by atoms with Gasteiger partial charge < -0.3 is 10.1 Å². The highest BCUT2D eigenvalue weighted by molar-refractivity contribution is 6.02. The number of para-hydroxylation sites is 1. The normalized spacial score (nSPS) is 21.8. The second-order valence-electron chi connectivity index (χ2n) is 4.35.